The molecule has 2 heterocycles. The van der Waals surface area contributed by atoms with Crippen molar-refractivity contribution in [2.24, 2.45) is 0 Å². The SMILES string of the molecule is O=C(O)c1ccc(F)c(NS(=O)(=O)c2cnn(C3CCOC3)c2)c1. The molecule has 10 heteroatoms. The molecule has 1 unspecified atom stereocenters. The van der Waals surface area contributed by atoms with E-state index >= 15 is 0 Å². The minimum atomic E-state index is -4.09. The van der Waals surface area contributed by atoms with Crippen LogP contribution in [0.2, 0.25) is 0 Å². The predicted molar refractivity (Wildman–Crippen MR) is 80.9 cm³/mol. The molecular weight excluding hydrogens is 341 g/mol. The second kappa shape index (κ2) is 6.21. The summed E-state index contributed by atoms with van der Waals surface area (Å²) in [5, 5.41) is 12.9. The fraction of sp³-hybridized carbons (Fsp3) is 0.286. The summed E-state index contributed by atoms with van der Waals surface area (Å²) in [4.78, 5) is 10.8. The van der Waals surface area contributed by atoms with Crippen LogP contribution in [0, 0.1) is 5.82 Å². The van der Waals surface area contributed by atoms with Crippen LogP contribution in [-0.4, -0.2) is 42.5 Å². The van der Waals surface area contributed by atoms with Gasteiger partial charge in [0.05, 0.1) is 30.1 Å². The lowest BCUT2D eigenvalue weighted by Gasteiger charge is -2.09. The maximum Gasteiger partial charge on any atom is 0.335 e. The van der Waals surface area contributed by atoms with Crippen LogP contribution in [0.1, 0.15) is 22.8 Å². The third kappa shape index (κ3) is 3.24. The average Bonchev–Trinajstić information content (AvgIpc) is 3.20. The molecule has 2 N–H and O–H groups in total. The van der Waals surface area contributed by atoms with Crippen LogP contribution >= 0.6 is 0 Å². The molecule has 2 aromatic rings. The standard InChI is InChI=1S/C14H14FN3O5S/c15-12-2-1-9(14(19)20)5-13(12)17-24(21,22)11-6-16-18(7-11)10-3-4-23-8-10/h1-2,5-7,10,17H,3-4,8H2,(H,19,20). The molecule has 1 atom stereocenters. The molecule has 8 nitrogen and oxygen atoms in total. The highest BCUT2D eigenvalue weighted by Crippen LogP contribution is 2.23. The smallest absolute Gasteiger partial charge is 0.335 e. The highest BCUT2D eigenvalue weighted by Gasteiger charge is 2.23. The Kier molecular flexibility index (Phi) is 4.24. The summed E-state index contributed by atoms with van der Waals surface area (Å²) < 4.78 is 47.2. The van der Waals surface area contributed by atoms with Crippen LogP contribution in [0.25, 0.3) is 0 Å². The summed E-state index contributed by atoms with van der Waals surface area (Å²) >= 11 is 0. The van der Waals surface area contributed by atoms with E-state index in [9.17, 15) is 17.6 Å². The number of sulfonamides is 1. The first-order valence-corrected chi connectivity index (χ1v) is 8.53. The van der Waals surface area contributed by atoms with E-state index in [4.69, 9.17) is 9.84 Å². The van der Waals surface area contributed by atoms with Crippen LogP contribution in [0.3, 0.4) is 0 Å². The van der Waals surface area contributed by atoms with Crippen molar-refractivity contribution in [3.8, 4) is 0 Å². The van der Waals surface area contributed by atoms with Gasteiger partial charge in [0.1, 0.15) is 10.7 Å². The van der Waals surface area contributed by atoms with Gasteiger partial charge in [-0.25, -0.2) is 17.6 Å². The molecule has 24 heavy (non-hydrogen) atoms. The molecule has 1 aromatic carbocycles. The molecule has 0 saturated carbocycles. The van der Waals surface area contributed by atoms with Crippen molar-refractivity contribution in [3.63, 3.8) is 0 Å². The molecular formula is C14H14FN3O5S. The first kappa shape index (κ1) is 16.4. The zero-order valence-electron chi connectivity index (χ0n) is 12.3. The Bertz CT molecular complexity index is 874. The highest BCUT2D eigenvalue weighted by molar-refractivity contribution is 7.92. The average molecular weight is 355 g/mol. The maximum absolute atomic E-state index is 13.8. The van der Waals surface area contributed by atoms with E-state index in [1.807, 2.05) is 0 Å². The van der Waals surface area contributed by atoms with Crippen molar-refractivity contribution in [1.29, 1.82) is 0 Å². The van der Waals surface area contributed by atoms with Gasteiger partial charge in [0.15, 0.2) is 0 Å². The predicted octanol–water partition coefficient (Wildman–Crippen LogP) is 1.48. The van der Waals surface area contributed by atoms with Crippen molar-refractivity contribution >= 4 is 21.7 Å². The van der Waals surface area contributed by atoms with E-state index in [1.54, 1.807) is 0 Å². The summed E-state index contributed by atoms with van der Waals surface area (Å²) in [7, 11) is -4.09. The molecule has 3 rings (SSSR count). The van der Waals surface area contributed by atoms with E-state index < -0.39 is 27.5 Å². The number of halogens is 1. The number of aromatic carboxylic acids is 1. The second-order valence-corrected chi connectivity index (χ2v) is 6.96. The monoisotopic (exact) mass is 355 g/mol. The molecule has 1 saturated heterocycles. The Labute approximate surface area is 136 Å². The van der Waals surface area contributed by atoms with E-state index in [1.165, 1.54) is 10.9 Å². The van der Waals surface area contributed by atoms with Crippen LogP contribution in [0.5, 0.6) is 0 Å². The molecule has 1 fully saturated rings. The molecule has 1 aliphatic rings. The first-order chi connectivity index (χ1) is 11.4. The van der Waals surface area contributed by atoms with Crippen molar-refractivity contribution in [2.45, 2.75) is 17.4 Å². The van der Waals surface area contributed by atoms with E-state index in [2.05, 4.69) is 9.82 Å². The minimum Gasteiger partial charge on any atom is -0.478 e. The Hall–Kier alpha value is -2.46. The van der Waals surface area contributed by atoms with Crippen molar-refractivity contribution in [3.05, 3.63) is 42.0 Å². The summed E-state index contributed by atoms with van der Waals surface area (Å²) in [5.74, 6) is -2.16. The second-order valence-electron chi connectivity index (χ2n) is 5.28. The highest BCUT2D eigenvalue weighted by atomic mass is 32.2. The van der Waals surface area contributed by atoms with Crippen molar-refractivity contribution in [1.82, 2.24) is 9.78 Å². The number of carboxylic acids is 1. The van der Waals surface area contributed by atoms with E-state index in [-0.39, 0.29) is 16.5 Å². The lowest BCUT2D eigenvalue weighted by Crippen LogP contribution is -2.14. The fourth-order valence-corrected chi connectivity index (χ4v) is 3.33. The molecule has 0 aliphatic carbocycles. The Morgan fingerprint density at radius 1 is 1.46 bits per heavy atom. The summed E-state index contributed by atoms with van der Waals surface area (Å²) in [6.07, 6.45) is 3.21. The van der Waals surface area contributed by atoms with Gasteiger partial charge >= 0.3 is 5.97 Å². The molecule has 128 valence electrons. The third-order valence-corrected chi connectivity index (χ3v) is 4.95. The van der Waals surface area contributed by atoms with Gasteiger partial charge < -0.3 is 9.84 Å². The lowest BCUT2D eigenvalue weighted by atomic mass is 10.2. The topological polar surface area (TPSA) is 111 Å². The lowest BCUT2D eigenvalue weighted by molar-refractivity contribution is 0.0697. The number of nitrogens with one attached hydrogen (secondary N) is 1. The minimum absolute atomic E-state index is 0.0407. The van der Waals surface area contributed by atoms with Crippen molar-refractivity contribution < 1.29 is 27.4 Å². The molecule has 1 aliphatic heterocycles. The van der Waals surface area contributed by atoms with Gasteiger partial charge in [-0.15, -0.1) is 0 Å². The summed E-state index contributed by atoms with van der Waals surface area (Å²) in [5.41, 5.74) is -0.667. The summed E-state index contributed by atoms with van der Waals surface area (Å²) in [6, 6.07) is 2.82. The van der Waals surface area contributed by atoms with Gasteiger partial charge in [-0.3, -0.25) is 9.40 Å². The maximum atomic E-state index is 13.8. The van der Waals surface area contributed by atoms with Crippen LogP contribution in [0.4, 0.5) is 10.1 Å². The van der Waals surface area contributed by atoms with Gasteiger partial charge in [0.2, 0.25) is 0 Å². The van der Waals surface area contributed by atoms with E-state index in [0.717, 1.165) is 30.8 Å². The molecule has 0 bridgehead atoms. The van der Waals surface area contributed by atoms with Crippen LogP contribution < -0.4 is 4.72 Å². The number of carbonyl (C=O) groups is 1. The Balaban J connectivity index is 1.86. The van der Waals surface area contributed by atoms with Gasteiger partial charge in [-0.2, -0.15) is 5.10 Å². The fourth-order valence-electron chi connectivity index (χ4n) is 2.33. The van der Waals surface area contributed by atoms with Crippen LogP contribution in [0.15, 0.2) is 35.5 Å². The number of hydrogen-bond donors (Lipinski definition) is 2. The number of carboxylic acid groups (broad SMARTS) is 1. The number of hydrogen-bond acceptors (Lipinski definition) is 5. The normalized spacial score (nSPS) is 17.8. The van der Waals surface area contributed by atoms with E-state index in [0.29, 0.717) is 13.2 Å². The largest absolute Gasteiger partial charge is 0.478 e. The van der Waals surface area contributed by atoms with Gasteiger partial charge in [0.25, 0.3) is 10.0 Å². The first-order valence-electron chi connectivity index (χ1n) is 7.04. The molecule has 0 amide bonds. The molecule has 1 aromatic heterocycles. The molecule has 0 spiro atoms. The third-order valence-electron chi connectivity index (χ3n) is 3.63. The molecule has 0 radical (unpaired) electrons. The number of benzene rings is 1. The van der Waals surface area contributed by atoms with Gasteiger partial charge in [-0.1, -0.05) is 0 Å². The number of ether oxygens (including phenoxy) is 1. The Morgan fingerprint density at radius 3 is 2.92 bits per heavy atom. The zero-order valence-corrected chi connectivity index (χ0v) is 13.2. The van der Waals surface area contributed by atoms with Crippen LogP contribution in [-0.2, 0) is 14.8 Å². The zero-order chi connectivity index (χ0) is 17.3. The Morgan fingerprint density at radius 2 is 2.25 bits per heavy atom. The quantitative estimate of drug-likeness (QED) is 0.841. The van der Waals surface area contributed by atoms with Gasteiger partial charge in [-0.05, 0) is 24.6 Å². The number of anilines is 1. The number of rotatable bonds is 5. The summed E-state index contributed by atoms with van der Waals surface area (Å²) in [6.45, 7) is 1.03. The number of aromatic nitrogens is 2. The van der Waals surface area contributed by atoms with Gasteiger partial charge in [0, 0.05) is 12.8 Å². The van der Waals surface area contributed by atoms with Crippen molar-refractivity contribution in [2.75, 3.05) is 17.9 Å². The number of nitrogens with zero attached hydrogens (tertiary/aromatic N) is 2.